The number of benzene rings is 3. The van der Waals surface area contributed by atoms with Crippen LogP contribution >= 0.6 is 12.4 Å². The van der Waals surface area contributed by atoms with E-state index in [1.54, 1.807) is 12.1 Å². The van der Waals surface area contributed by atoms with Gasteiger partial charge in [-0.2, -0.15) is 5.11 Å². The van der Waals surface area contributed by atoms with E-state index < -0.39 is 0 Å². The van der Waals surface area contributed by atoms with Crippen LogP contribution in [0.25, 0.3) is 17.2 Å². The number of rotatable bonds is 7. The van der Waals surface area contributed by atoms with Crippen LogP contribution in [0.2, 0.25) is 0 Å². The quantitative estimate of drug-likeness (QED) is 0.123. The fourth-order valence-corrected chi connectivity index (χ4v) is 3.48. The highest BCUT2D eigenvalue weighted by Crippen LogP contribution is 2.35. The number of aromatic nitrogens is 1. The van der Waals surface area contributed by atoms with E-state index >= 15 is 0 Å². The first kappa shape index (κ1) is 29.3. The van der Waals surface area contributed by atoms with Gasteiger partial charge in [-0.3, -0.25) is 4.79 Å². The largest absolute Gasteiger partial charge is 0.507 e. The molecule has 0 saturated carbocycles. The number of ether oxygens (including phenoxy) is 2. The molecule has 1 aromatic heterocycles. The lowest BCUT2D eigenvalue weighted by molar-refractivity contribution is 0.104. The van der Waals surface area contributed by atoms with Gasteiger partial charge in [-0.25, -0.2) is 10.5 Å². The molecule has 0 atom stereocenters. The van der Waals surface area contributed by atoms with Gasteiger partial charge in [-0.15, -0.1) is 12.4 Å². The van der Waals surface area contributed by atoms with Crippen molar-refractivity contribution in [3.8, 4) is 28.4 Å². The zero-order valence-electron chi connectivity index (χ0n) is 20.8. The van der Waals surface area contributed by atoms with Crippen LogP contribution in [-0.2, 0) is 0 Å². The molecule has 0 unspecified atom stereocenters. The van der Waals surface area contributed by atoms with Crippen molar-refractivity contribution < 1.29 is 19.4 Å². The number of hydrogen-bond donors (Lipinski definition) is 4. The van der Waals surface area contributed by atoms with Crippen molar-refractivity contribution in [2.45, 2.75) is 0 Å². The second kappa shape index (κ2) is 14.0. The third kappa shape index (κ3) is 7.31. The maximum absolute atomic E-state index is 12.3. The second-order valence-electron chi connectivity index (χ2n) is 7.64. The summed E-state index contributed by atoms with van der Waals surface area (Å²) in [4.78, 5) is 16.2. The van der Waals surface area contributed by atoms with E-state index in [-0.39, 0.29) is 46.9 Å². The number of methoxy groups -OCH3 is 2. The summed E-state index contributed by atoms with van der Waals surface area (Å²) in [6.07, 6.45) is 3.09. The van der Waals surface area contributed by atoms with Gasteiger partial charge >= 0.3 is 0 Å². The second-order valence-corrected chi connectivity index (χ2v) is 7.64. The smallest absolute Gasteiger partial charge is 0.193 e. The summed E-state index contributed by atoms with van der Waals surface area (Å²) in [5, 5.41) is 13.4. The number of hydrogen-bond acceptors (Lipinski definition) is 9. The summed E-state index contributed by atoms with van der Waals surface area (Å²) >= 11 is 0. The molecule has 38 heavy (non-hydrogen) atoms. The topological polar surface area (TPSA) is 157 Å². The Labute approximate surface area is 226 Å². The highest BCUT2D eigenvalue weighted by Gasteiger charge is 2.17. The Bertz CT molecular complexity index is 1410. The van der Waals surface area contributed by atoms with Crippen molar-refractivity contribution in [3.63, 3.8) is 0 Å². The Hall–Kier alpha value is -4.89. The van der Waals surface area contributed by atoms with Gasteiger partial charge in [0, 0.05) is 18.2 Å². The summed E-state index contributed by atoms with van der Waals surface area (Å²) < 4.78 is 10.2. The van der Waals surface area contributed by atoms with Crippen LogP contribution in [0.5, 0.6) is 17.2 Å². The van der Waals surface area contributed by atoms with Gasteiger partial charge in [0.15, 0.2) is 5.78 Å². The van der Waals surface area contributed by atoms with Crippen molar-refractivity contribution in [1.82, 2.24) is 4.98 Å². The molecule has 0 fully saturated rings. The maximum Gasteiger partial charge on any atom is 0.193 e. The van der Waals surface area contributed by atoms with Gasteiger partial charge in [0.05, 0.1) is 19.8 Å². The fraction of sp³-hybridized carbons (Fsp3) is 0.0714. The first-order valence-electron chi connectivity index (χ1n) is 11.1. The molecule has 3 aromatic carbocycles. The highest BCUT2D eigenvalue weighted by atomic mass is 35.5. The average Bonchev–Trinajstić information content (AvgIpc) is 2.92. The van der Waals surface area contributed by atoms with E-state index in [1.807, 2.05) is 60.7 Å². The van der Waals surface area contributed by atoms with Crippen LogP contribution in [0, 0.1) is 5.53 Å². The summed E-state index contributed by atoms with van der Waals surface area (Å²) in [5.41, 5.74) is 21.4. The molecule has 9 nitrogen and oxygen atoms in total. The van der Waals surface area contributed by atoms with Gasteiger partial charge in [0.1, 0.15) is 40.1 Å². The molecule has 4 aromatic rings. The molecule has 0 saturated heterocycles. The monoisotopic (exact) mass is 533 g/mol. The standard InChI is InChI=1S/C17H16O4.C11H11N5.ClH/c1-20-13-10-15(19)17(16(11-13)21-2)14(18)9-8-12-6-4-3-5-7-12;12-9-6-8(16-14)10(11(13)15-9)7-4-2-1-3-5-7;/h3-11,19H,1-2H3;1-6,14H,(H4,12,13,15);1H. The number of ketones is 1. The number of aromatic hydroxyl groups is 1. The summed E-state index contributed by atoms with van der Waals surface area (Å²) in [6, 6.07) is 23.4. The minimum atomic E-state index is -0.337. The number of halogens is 1. The molecule has 196 valence electrons. The number of nitrogens with zero attached hydrogens (tertiary/aromatic N) is 2. The van der Waals surface area contributed by atoms with Gasteiger partial charge in [0.25, 0.3) is 0 Å². The zero-order chi connectivity index (χ0) is 26.8. The van der Waals surface area contributed by atoms with Gasteiger partial charge in [-0.1, -0.05) is 66.7 Å². The van der Waals surface area contributed by atoms with E-state index in [1.165, 1.54) is 32.4 Å². The van der Waals surface area contributed by atoms with E-state index in [0.717, 1.165) is 11.1 Å². The molecular weight excluding hydrogens is 506 g/mol. The lowest BCUT2D eigenvalue weighted by Gasteiger charge is -2.10. The van der Waals surface area contributed by atoms with Crippen molar-refractivity contribution >= 4 is 41.6 Å². The Morgan fingerprint density at radius 2 is 1.61 bits per heavy atom. The van der Waals surface area contributed by atoms with E-state index in [0.29, 0.717) is 17.0 Å². The molecule has 0 amide bonds. The normalized spacial score (nSPS) is 10.1. The molecule has 4 rings (SSSR count). The number of pyridine rings is 1. The predicted octanol–water partition coefficient (Wildman–Crippen LogP) is 6.30. The summed E-state index contributed by atoms with van der Waals surface area (Å²) in [7, 11) is 2.91. The molecule has 0 spiro atoms. The molecule has 0 aliphatic carbocycles. The predicted molar refractivity (Wildman–Crippen MR) is 152 cm³/mol. The highest BCUT2D eigenvalue weighted by molar-refractivity contribution is 6.10. The Kier molecular flexibility index (Phi) is 10.8. The first-order valence-corrected chi connectivity index (χ1v) is 11.1. The molecule has 0 radical (unpaired) electrons. The first-order chi connectivity index (χ1) is 17.9. The number of phenols is 1. The molecule has 0 aliphatic rings. The van der Waals surface area contributed by atoms with Crippen LogP contribution < -0.4 is 20.9 Å². The van der Waals surface area contributed by atoms with Crippen molar-refractivity contribution in [2.24, 2.45) is 5.11 Å². The van der Waals surface area contributed by atoms with E-state index in [2.05, 4.69) is 10.1 Å². The van der Waals surface area contributed by atoms with E-state index in [4.69, 9.17) is 26.5 Å². The fourth-order valence-electron chi connectivity index (χ4n) is 3.48. The van der Waals surface area contributed by atoms with Gasteiger partial charge in [-0.05, 0) is 17.2 Å². The maximum atomic E-state index is 12.3. The number of anilines is 2. The van der Waals surface area contributed by atoms with Crippen LogP contribution in [0.3, 0.4) is 0 Å². The molecule has 0 bridgehead atoms. The van der Waals surface area contributed by atoms with Crippen molar-refractivity contribution in [1.29, 1.82) is 5.53 Å². The van der Waals surface area contributed by atoms with Crippen molar-refractivity contribution in [3.05, 3.63) is 96.1 Å². The number of nitrogen functional groups attached to an aromatic ring is 2. The minimum absolute atomic E-state index is 0. The lowest BCUT2D eigenvalue weighted by atomic mass is 10.0. The number of carbonyl (C=O) groups is 1. The van der Waals surface area contributed by atoms with Crippen molar-refractivity contribution in [2.75, 3.05) is 25.7 Å². The van der Waals surface area contributed by atoms with Crippen LogP contribution in [-0.4, -0.2) is 30.1 Å². The molecular formula is C28H28ClN5O4. The number of carbonyl (C=O) groups excluding carboxylic acids is 1. The van der Waals surface area contributed by atoms with Crippen LogP contribution in [0.4, 0.5) is 17.3 Å². The van der Waals surface area contributed by atoms with Crippen LogP contribution in [0.15, 0.2) is 90.1 Å². The molecule has 0 aliphatic heterocycles. The number of phenolic OH excluding ortho intramolecular Hbond substituents is 1. The van der Waals surface area contributed by atoms with E-state index in [9.17, 15) is 9.90 Å². The Balaban J connectivity index is 0.000000269. The number of nitrogens with one attached hydrogen (secondary N) is 1. The molecule has 6 N–H and O–H groups in total. The number of nitrogens with two attached hydrogens (primary N) is 2. The third-order valence-electron chi connectivity index (χ3n) is 5.21. The lowest BCUT2D eigenvalue weighted by Crippen LogP contribution is -2.00. The van der Waals surface area contributed by atoms with Crippen LogP contribution in [0.1, 0.15) is 15.9 Å². The summed E-state index contributed by atoms with van der Waals surface area (Å²) in [5.74, 6) is 0.743. The molecule has 1 heterocycles. The third-order valence-corrected chi connectivity index (χ3v) is 5.21. The Morgan fingerprint density at radius 1 is 0.974 bits per heavy atom. The molecule has 10 heteroatoms. The summed E-state index contributed by atoms with van der Waals surface area (Å²) in [6.45, 7) is 0. The Morgan fingerprint density at radius 3 is 2.18 bits per heavy atom. The number of allylic oxidation sites excluding steroid dienone is 1. The SMILES string of the molecule is COc1cc(O)c(C(=O)C=Cc2ccccc2)c(OC)c1.Cl.N=Nc1cc(N)nc(N)c1-c1ccccc1. The van der Waals surface area contributed by atoms with Gasteiger partial charge < -0.3 is 26.0 Å². The average molecular weight is 534 g/mol. The zero-order valence-corrected chi connectivity index (χ0v) is 21.6. The minimum Gasteiger partial charge on any atom is -0.507 e. The van der Waals surface area contributed by atoms with Gasteiger partial charge in [0.2, 0.25) is 0 Å².